The lowest BCUT2D eigenvalue weighted by Crippen LogP contribution is -2.23. The molecule has 1 aliphatic heterocycles. The molecule has 3 heterocycles. The smallest absolute Gasteiger partial charge is 0.262 e. The van der Waals surface area contributed by atoms with Crippen molar-refractivity contribution < 1.29 is 13.9 Å². The summed E-state index contributed by atoms with van der Waals surface area (Å²) in [6.45, 7) is 0.398. The lowest BCUT2D eigenvalue weighted by Gasteiger charge is -2.28. The maximum absolute atomic E-state index is 14.2. The number of aromatic nitrogens is 2. The third-order valence-corrected chi connectivity index (χ3v) is 5.51. The van der Waals surface area contributed by atoms with Crippen molar-refractivity contribution >= 4 is 21.6 Å². The standard InChI is InChI=1S/C21H15FN2O3S/c22-16-8-14(10-24-12-23-19-17(20(24)25)6-7-28-19)18-15(9-16)11-26-21(27-18)13-4-2-1-3-5-13/h1-9,12,21H,10-11H2/t21-/m0/s1. The van der Waals surface area contributed by atoms with Crippen LogP contribution >= 0.6 is 11.3 Å². The minimum atomic E-state index is -0.577. The van der Waals surface area contributed by atoms with Gasteiger partial charge in [-0.15, -0.1) is 11.3 Å². The molecule has 140 valence electrons. The minimum Gasteiger partial charge on any atom is -0.460 e. The number of halogens is 1. The van der Waals surface area contributed by atoms with Crippen LogP contribution in [0, 0.1) is 5.82 Å². The number of nitrogens with zero attached hydrogens (tertiary/aromatic N) is 2. The molecule has 5 rings (SSSR count). The third kappa shape index (κ3) is 2.98. The fourth-order valence-corrected chi connectivity index (χ4v) is 4.08. The summed E-state index contributed by atoms with van der Waals surface area (Å²) in [6.07, 6.45) is 0.916. The van der Waals surface area contributed by atoms with Gasteiger partial charge < -0.3 is 9.47 Å². The van der Waals surface area contributed by atoms with Crippen molar-refractivity contribution in [3.05, 3.63) is 93.1 Å². The first kappa shape index (κ1) is 17.1. The van der Waals surface area contributed by atoms with Crippen molar-refractivity contribution in [2.75, 3.05) is 0 Å². The van der Waals surface area contributed by atoms with E-state index >= 15 is 0 Å². The number of thiophene rings is 1. The molecule has 2 aromatic carbocycles. The van der Waals surface area contributed by atoms with E-state index in [0.717, 1.165) is 5.56 Å². The molecule has 4 aromatic rings. The number of rotatable bonds is 3. The van der Waals surface area contributed by atoms with Crippen molar-refractivity contribution in [3.63, 3.8) is 0 Å². The molecule has 28 heavy (non-hydrogen) atoms. The van der Waals surface area contributed by atoms with Crippen molar-refractivity contribution in [2.24, 2.45) is 0 Å². The van der Waals surface area contributed by atoms with Crippen molar-refractivity contribution in [2.45, 2.75) is 19.4 Å². The number of fused-ring (bicyclic) bond motifs is 2. The van der Waals surface area contributed by atoms with Gasteiger partial charge in [0, 0.05) is 16.7 Å². The predicted molar refractivity (Wildman–Crippen MR) is 104 cm³/mol. The molecule has 2 aromatic heterocycles. The zero-order valence-corrected chi connectivity index (χ0v) is 15.5. The summed E-state index contributed by atoms with van der Waals surface area (Å²) >= 11 is 1.41. The van der Waals surface area contributed by atoms with Crippen molar-refractivity contribution in [3.8, 4) is 5.75 Å². The fourth-order valence-electron chi connectivity index (χ4n) is 3.36. The van der Waals surface area contributed by atoms with Crippen LogP contribution in [0.5, 0.6) is 5.75 Å². The second-order valence-electron chi connectivity index (χ2n) is 6.54. The van der Waals surface area contributed by atoms with E-state index in [-0.39, 0.29) is 18.7 Å². The first-order valence-electron chi connectivity index (χ1n) is 8.76. The van der Waals surface area contributed by atoms with Gasteiger partial charge >= 0.3 is 0 Å². The van der Waals surface area contributed by atoms with E-state index in [1.807, 2.05) is 35.7 Å². The molecular formula is C21H15FN2O3S. The third-order valence-electron chi connectivity index (χ3n) is 4.69. The number of ether oxygens (including phenoxy) is 2. The zero-order chi connectivity index (χ0) is 19.1. The van der Waals surface area contributed by atoms with E-state index in [2.05, 4.69) is 4.98 Å². The molecule has 0 N–H and O–H groups in total. The maximum atomic E-state index is 14.2. The molecule has 7 heteroatoms. The quantitative estimate of drug-likeness (QED) is 0.521. The SMILES string of the molecule is O=c1c2ccsc2ncn1Cc1cc(F)cc2c1O[C@@H](c1ccccc1)OC2. The molecule has 0 amide bonds. The molecule has 1 aliphatic rings. The molecule has 0 spiro atoms. The molecule has 0 radical (unpaired) electrons. The van der Waals surface area contributed by atoms with E-state index in [9.17, 15) is 9.18 Å². The Bertz CT molecular complexity index is 1220. The van der Waals surface area contributed by atoms with Gasteiger partial charge in [-0.05, 0) is 23.6 Å². The molecule has 0 saturated heterocycles. The Morgan fingerprint density at radius 1 is 1.21 bits per heavy atom. The monoisotopic (exact) mass is 394 g/mol. The van der Waals surface area contributed by atoms with Crippen LogP contribution in [0.2, 0.25) is 0 Å². The predicted octanol–water partition coefficient (Wildman–Crippen LogP) is 4.25. The first-order valence-corrected chi connectivity index (χ1v) is 9.64. The molecule has 5 nitrogen and oxygen atoms in total. The van der Waals surface area contributed by atoms with Crippen LogP contribution < -0.4 is 10.3 Å². The van der Waals surface area contributed by atoms with Crippen LogP contribution in [0.25, 0.3) is 10.2 Å². The summed E-state index contributed by atoms with van der Waals surface area (Å²) in [5, 5.41) is 2.39. The van der Waals surface area contributed by atoms with Crippen molar-refractivity contribution in [1.82, 2.24) is 9.55 Å². The average Bonchev–Trinajstić information content (AvgIpc) is 3.20. The largest absolute Gasteiger partial charge is 0.460 e. The van der Waals surface area contributed by atoms with Crippen LogP contribution in [0.1, 0.15) is 23.0 Å². The maximum Gasteiger partial charge on any atom is 0.262 e. The molecule has 0 bridgehead atoms. The van der Waals surface area contributed by atoms with Gasteiger partial charge in [-0.1, -0.05) is 30.3 Å². The van der Waals surface area contributed by atoms with E-state index in [1.54, 1.807) is 6.07 Å². The molecule has 0 unspecified atom stereocenters. The number of hydrogen-bond donors (Lipinski definition) is 0. The topological polar surface area (TPSA) is 53.4 Å². The van der Waals surface area contributed by atoms with Gasteiger partial charge in [0.1, 0.15) is 16.4 Å². The van der Waals surface area contributed by atoms with Gasteiger partial charge in [-0.2, -0.15) is 0 Å². The molecular weight excluding hydrogens is 379 g/mol. The highest BCUT2D eigenvalue weighted by Gasteiger charge is 2.25. The first-order chi connectivity index (χ1) is 13.7. The van der Waals surface area contributed by atoms with Gasteiger partial charge in [0.05, 0.1) is 24.9 Å². The Morgan fingerprint density at radius 3 is 2.93 bits per heavy atom. The summed E-state index contributed by atoms with van der Waals surface area (Å²) in [5.41, 5.74) is 1.93. The second-order valence-corrected chi connectivity index (χ2v) is 7.44. The Balaban J connectivity index is 1.54. The summed E-state index contributed by atoms with van der Waals surface area (Å²) < 4.78 is 27.5. The number of hydrogen-bond acceptors (Lipinski definition) is 5. The minimum absolute atomic E-state index is 0.157. The van der Waals surface area contributed by atoms with Crippen molar-refractivity contribution in [1.29, 1.82) is 0 Å². The van der Waals surface area contributed by atoms with E-state index in [4.69, 9.17) is 9.47 Å². The Morgan fingerprint density at radius 2 is 2.07 bits per heavy atom. The van der Waals surface area contributed by atoms with Crippen LogP contribution in [0.15, 0.2) is 65.0 Å². The molecule has 1 atom stereocenters. The van der Waals surface area contributed by atoms with E-state index < -0.39 is 12.1 Å². The Labute approximate surface area is 163 Å². The normalized spacial score (nSPS) is 16.0. The summed E-state index contributed by atoms with van der Waals surface area (Å²) in [6, 6.07) is 14.1. The molecule has 0 saturated carbocycles. The lowest BCUT2D eigenvalue weighted by atomic mass is 10.1. The van der Waals surface area contributed by atoms with Gasteiger partial charge in [-0.3, -0.25) is 9.36 Å². The highest BCUT2D eigenvalue weighted by molar-refractivity contribution is 7.16. The number of benzene rings is 2. The summed E-state index contributed by atoms with van der Waals surface area (Å²) in [7, 11) is 0. The Kier molecular flexibility index (Phi) is 4.18. The fraction of sp³-hybridized carbons (Fsp3) is 0.143. The van der Waals surface area contributed by atoms with Gasteiger partial charge in [0.2, 0.25) is 6.29 Å². The summed E-state index contributed by atoms with van der Waals surface area (Å²) in [4.78, 5) is 17.7. The van der Waals surface area contributed by atoms with Crippen LogP contribution in [0.3, 0.4) is 0 Å². The molecule has 0 fully saturated rings. The van der Waals surface area contributed by atoms with Gasteiger partial charge in [-0.25, -0.2) is 9.37 Å². The Hall–Kier alpha value is -3.03. The van der Waals surface area contributed by atoms with Crippen LogP contribution in [-0.2, 0) is 17.9 Å². The van der Waals surface area contributed by atoms with Gasteiger partial charge in [0.15, 0.2) is 0 Å². The zero-order valence-electron chi connectivity index (χ0n) is 14.7. The van der Waals surface area contributed by atoms with E-state index in [0.29, 0.717) is 27.1 Å². The lowest BCUT2D eigenvalue weighted by molar-refractivity contribution is -0.112. The molecule has 0 aliphatic carbocycles. The average molecular weight is 394 g/mol. The summed E-state index contributed by atoms with van der Waals surface area (Å²) in [5.74, 6) is 0.163. The van der Waals surface area contributed by atoms with Gasteiger partial charge in [0.25, 0.3) is 5.56 Å². The highest BCUT2D eigenvalue weighted by atomic mass is 32.1. The second kappa shape index (κ2) is 6.85. The van der Waals surface area contributed by atoms with Crippen LogP contribution in [-0.4, -0.2) is 9.55 Å². The van der Waals surface area contributed by atoms with Crippen LogP contribution in [0.4, 0.5) is 4.39 Å². The van der Waals surface area contributed by atoms with E-state index in [1.165, 1.54) is 34.4 Å². The highest BCUT2D eigenvalue weighted by Crippen LogP contribution is 2.36.